The van der Waals surface area contributed by atoms with Crippen LogP contribution in [0.1, 0.15) is 31.0 Å². The van der Waals surface area contributed by atoms with Gasteiger partial charge < -0.3 is 14.2 Å². The summed E-state index contributed by atoms with van der Waals surface area (Å²) in [4.78, 5) is 31.3. The largest absolute Gasteiger partial charge is 0.497 e. The monoisotopic (exact) mass is 526 g/mol. The summed E-state index contributed by atoms with van der Waals surface area (Å²) in [5, 5.41) is 0. The normalized spacial score (nSPS) is 17.1. The molecular weight excluding hydrogens is 508 g/mol. The summed E-state index contributed by atoms with van der Waals surface area (Å²) in [6, 6.07) is 10.5. The van der Waals surface area contributed by atoms with Crippen LogP contribution in [-0.4, -0.2) is 24.3 Å². The fourth-order valence-corrected chi connectivity index (χ4v) is 5.53. The van der Waals surface area contributed by atoms with E-state index in [4.69, 9.17) is 14.2 Å². The van der Waals surface area contributed by atoms with E-state index in [0.29, 0.717) is 37.9 Å². The molecule has 0 radical (unpaired) electrons. The van der Waals surface area contributed by atoms with Gasteiger partial charge in [0.15, 0.2) is 22.1 Å². The van der Waals surface area contributed by atoms with Crippen molar-refractivity contribution in [2.24, 2.45) is 4.99 Å². The highest BCUT2D eigenvalue weighted by Crippen LogP contribution is 2.37. The van der Waals surface area contributed by atoms with Crippen LogP contribution in [0, 0.1) is 0 Å². The van der Waals surface area contributed by atoms with E-state index < -0.39 is 6.04 Å². The number of carbonyl (C=O) groups excluding carboxylic acids is 1. The predicted octanol–water partition coefficient (Wildman–Crippen LogP) is 3.32. The van der Waals surface area contributed by atoms with Gasteiger partial charge in [0.1, 0.15) is 5.75 Å². The lowest BCUT2D eigenvalue weighted by atomic mass is 9.93. The molecule has 1 aromatic heterocycles. The van der Waals surface area contributed by atoms with Crippen molar-refractivity contribution in [3.8, 4) is 17.2 Å². The Balaban J connectivity index is 1.71. The van der Waals surface area contributed by atoms with E-state index in [9.17, 15) is 9.59 Å². The van der Waals surface area contributed by atoms with Gasteiger partial charge in [-0.05, 0) is 55.3 Å². The van der Waals surface area contributed by atoms with Crippen LogP contribution in [0.3, 0.4) is 0 Å². The third-order valence-electron chi connectivity index (χ3n) is 5.61. The Morgan fingerprint density at radius 3 is 2.61 bits per heavy atom. The van der Waals surface area contributed by atoms with Crippen molar-refractivity contribution in [1.29, 1.82) is 0 Å². The molecular formula is C24H19BrN2O5S. The third-order valence-corrected chi connectivity index (χ3v) is 7.28. The fourth-order valence-electron chi connectivity index (χ4n) is 4.06. The Kier molecular flexibility index (Phi) is 5.46. The van der Waals surface area contributed by atoms with Crippen LogP contribution in [-0.2, 0) is 4.79 Å². The zero-order valence-electron chi connectivity index (χ0n) is 18.0. The predicted molar refractivity (Wildman–Crippen MR) is 128 cm³/mol. The fraction of sp³-hybridized carbons (Fsp3) is 0.208. The first-order valence-electron chi connectivity index (χ1n) is 10.1. The van der Waals surface area contributed by atoms with Gasteiger partial charge in [0.05, 0.1) is 17.7 Å². The number of rotatable bonds is 4. The summed E-state index contributed by atoms with van der Waals surface area (Å²) in [6.07, 6.45) is 1.80. The van der Waals surface area contributed by atoms with Crippen LogP contribution in [0.2, 0.25) is 0 Å². The number of carbonyl (C=O) groups is 1. The lowest BCUT2D eigenvalue weighted by Crippen LogP contribution is -2.39. The van der Waals surface area contributed by atoms with Gasteiger partial charge in [-0.15, -0.1) is 0 Å². The van der Waals surface area contributed by atoms with Crippen LogP contribution < -0.4 is 29.1 Å². The van der Waals surface area contributed by atoms with E-state index in [1.165, 1.54) is 18.3 Å². The van der Waals surface area contributed by atoms with Crippen molar-refractivity contribution in [3.05, 3.63) is 83.0 Å². The number of thiazole rings is 1. The minimum atomic E-state index is -0.563. The first-order valence-corrected chi connectivity index (χ1v) is 11.7. The number of hydrogen-bond acceptors (Lipinski definition) is 7. The number of ether oxygens (including phenoxy) is 3. The van der Waals surface area contributed by atoms with E-state index in [1.807, 2.05) is 36.4 Å². The van der Waals surface area contributed by atoms with Gasteiger partial charge in [-0.2, -0.15) is 0 Å². The number of nitrogens with zero attached hydrogens (tertiary/aromatic N) is 2. The minimum absolute atomic E-state index is 0.120. The zero-order valence-corrected chi connectivity index (χ0v) is 20.5. The molecule has 7 nitrogen and oxygen atoms in total. The molecule has 0 saturated carbocycles. The van der Waals surface area contributed by atoms with E-state index in [0.717, 1.165) is 15.6 Å². The molecule has 0 aliphatic carbocycles. The highest BCUT2D eigenvalue weighted by Gasteiger charge is 2.30. The lowest BCUT2D eigenvalue weighted by molar-refractivity contribution is -0.114. The molecule has 3 aromatic rings. The Morgan fingerprint density at radius 1 is 1.24 bits per heavy atom. The van der Waals surface area contributed by atoms with Gasteiger partial charge in [-0.3, -0.25) is 14.2 Å². The number of allylic oxidation sites excluding steroid dienone is 2. The average Bonchev–Trinajstić information content (AvgIpc) is 3.36. The summed E-state index contributed by atoms with van der Waals surface area (Å²) in [6.45, 7) is 3.48. The molecule has 3 heterocycles. The molecule has 5 rings (SSSR count). The Labute approximate surface area is 201 Å². The third kappa shape index (κ3) is 3.71. The molecule has 1 atom stereocenters. The Bertz CT molecular complexity index is 1500. The van der Waals surface area contributed by atoms with Crippen LogP contribution >= 0.6 is 27.3 Å². The first-order chi connectivity index (χ1) is 15.9. The van der Waals surface area contributed by atoms with Crippen molar-refractivity contribution < 1.29 is 19.0 Å². The molecule has 0 fully saturated rings. The van der Waals surface area contributed by atoms with E-state index >= 15 is 0 Å². The molecule has 33 heavy (non-hydrogen) atoms. The maximum Gasteiger partial charge on any atom is 0.271 e. The maximum atomic E-state index is 13.6. The maximum absolute atomic E-state index is 13.6. The van der Waals surface area contributed by atoms with Gasteiger partial charge in [-0.25, -0.2) is 4.99 Å². The van der Waals surface area contributed by atoms with E-state index in [2.05, 4.69) is 20.9 Å². The molecule has 0 spiro atoms. The number of aromatic nitrogens is 1. The lowest BCUT2D eigenvalue weighted by Gasteiger charge is -2.24. The number of halogens is 1. The van der Waals surface area contributed by atoms with Crippen molar-refractivity contribution >= 4 is 39.1 Å². The second-order valence-corrected chi connectivity index (χ2v) is 9.50. The molecule has 2 aromatic carbocycles. The summed E-state index contributed by atoms with van der Waals surface area (Å²) < 4.78 is 19.0. The summed E-state index contributed by atoms with van der Waals surface area (Å²) >= 11 is 4.83. The summed E-state index contributed by atoms with van der Waals surface area (Å²) in [5.41, 5.74) is 2.50. The molecule has 168 valence electrons. The summed E-state index contributed by atoms with van der Waals surface area (Å²) in [7, 11) is 1.59. The number of ketones is 1. The number of Topliss-reactive ketones (excluding diaryl/α,β-unsaturated/α-hetero) is 1. The molecule has 0 amide bonds. The minimum Gasteiger partial charge on any atom is -0.497 e. The van der Waals surface area contributed by atoms with Crippen molar-refractivity contribution in [3.63, 3.8) is 0 Å². The van der Waals surface area contributed by atoms with Crippen molar-refractivity contribution in [2.45, 2.75) is 19.9 Å². The van der Waals surface area contributed by atoms with Gasteiger partial charge >= 0.3 is 0 Å². The molecule has 2 aliphatic rings. The highest BCUT2D eigenvalue weighted by atomic mass is 79.9. The van der Waals surface area contributed by atoms with Crippen molar-refractivity contribution in [1.82, 2.24) is 4.57 Å². The van der Waals surface area contributed by atoms with Crippen LogP contribution in [0.5, 0.6) is 17.2 Å². The Hall–Kier alpha value is -3.17. The smallest absolute Gasteiger partial charge is 0.271 e. The van der Waals surface area contributed by atoms with Crippen LogP contribution in [0.25, 0.3) is 6.08 Å². The number of methoxy groups -OCH3 is 1. The Morgan fingerprint density at radius 2 is 1.94 bits per heavy atom. The second kappa shape index (κ2) is 8.31. The topological polar surface area (TPSA) is 79.1 Å². The van der Waals surface area contributed by atoms with Gasteiger partial charge in [0, 0.05) is 15.7 Å². The van der Waals surface area contributed by atoms with Crippen molar-refractivity contribution in [2.75, 3.05) is 13.9 Å². The molecule has 9 heteroatoms. The van der Waals surface area contributed by atoms with Gasteiger partial charge in [0.2, 0.25) is 6.79 Å². The van der Waals surface area contributed by atoms with Crippen LogP contribution in [0.4, 0.5) is 0 Å². The van der Waals surface area contributed by atoms with E-state index in [1.54, 1.807) is 24.7 Å². The average molecular weight is 527 g/mol. The second-order valence-electron chi connectivity index (χ2n) is 7.64. The SMILES string of the molecule is COc1ccc([C@H]2C(C(C)=O)=C(C)N=c3sc(=Cc4cc5c(cc4Br)OCO5)c(=O)n32)cc1. The van der Waals surface area contributed by atoms with Gasteiger partial charge in [-0.1, -0.05) is 39.4 Å². The zero-order chi connectivity index (χ0) is 23.3. The molecule has 2 aliphatic heterocycles. The molecule has 0 saturated heterocycles. The number of benzene rings is 2. The molecule has 0 N–H and O–H groups in total. The molecule has 0 bridgehead atoms. The quantitative estimate of drug-likeness (QED) is 0.521. The number of hydrogen-bond donors (Lipinski definition) is 0. The van der Waals surface area contributed by atoms with E-state index in [-0.39, 0.29) is 18.1 Å². The summed E-state index contributed by atoms with van der Waals surface area (Å²) in [5.74, 6) is 1.86. The highest BCUT2D eigenvalue weighted by molar-refractivity contribution is 9.10. The first kappa shape index (κ1) is 21.7. The molecule has 0 unspecified atom stereocenters. The number of fused-ring (bicyclic) bond motifs is 2. The van der Waals surface area contributed by atoms with Gasteiger partial charge in [0.25, 0.3) is 5.56 Å². The standard InChI is InChI=1S/C24H19BrN2O5S/c1-12-21(13(2)28)22(14-4-6-16(30-3)7-5-14)27-23(29)20(33-24(27)26-12)9-15-8-18-19(10-17(15)25)32-11-31-18/h4-10,22H,11H2,1-3H3/t22-/m0/s1. The van der Waals surface area contributed by atoms with Crippen LogP contribution in [0.15, 0.2) is 61.9 Å².